The second-order valence-corrected chi connectivity index (χ2v) is 6.61. The zero-order chi connectivity index (χ0) is 17.1. The van der Waals surface area contributed by atoms with Crippen molar-refractivity contribution in [3.8, 4) is 0 Å². The molecule has 8 heteroatoms. The molecule has 24 heavy (non-hydrogen) atoms. The van der Waals surface area contributed by atoms with Gasteiger partial charge in [0, 0.05) is 55.4 Å². The van der Waals surface area contributed by atoms with E-state index in [1.807, 2.05) is 17.5 Å². The van der Waals surface area contributed by atoms with Crippen LogP contribution in [-0.4, -0.2) is 41.9 Å². The molecule has 0 bridgehead atoms. The van der Waals surface area contributed by atoms with E-state index in [-0.39, 0.29) is 9.92 Å². The van der Waals surface area contributed by atoms with Crippen LogP contribution in [0.1, 0.15) is 15.9 Å². The summed E-state index contributed by atoms with van der Waals surface area (Å²) in [6.45, 7) is 4.27. The van der Waals surface area contributed by atoms with Crippen molar-refractivity contribution in [3.05, 3.63) is 57.0 Å². The fraction of sp³-hybridized carbons (Fsp3) is 0.312. The summed E-state index contributed by atoms with van der Waals surface area (Å²) in [7, 11) is 0. The third kappa shape index (κ3) is 3.72. The SMILES string of the molecule is NC(=O)c1ccc(N2CCN(Cc3csc([N+](=O)[O-])c3)CC2)cc1. The average molecular weight is 346 g/mol. The second kappa shape index (κ2) is 6.98. The standard InChI is InChI=1S/C16H18N4O3S/c17-16(21)13-1-3-14(4-2-13)19-7-5-18(6-8-19)10-12-9-15(20(22)23)24-11-12/h1-4,9,11H,5-8,10H2,(H2,17,21). The highest BCUT2D eigenvalue weighted by molar-refractivity contribution is 7.13. The number of nitrogens with zero attached hydrogens (tertiary/aromatic N) is 3. The summed E-state index contributed by atoms with van der Waals surface area (Å²) >= 11 is 1.17. The zero-order valence-corrected chi connectivity index (χ0v) is 13.9. The van der Waals surface area contributed by atoms with Gasteiger partial charge in [-0.2, -0.15) is 0 Å². The van der Waals surface area contributed by atoms with E-state index in [2.05, 4.69) is 9.80 Å². The van der Waals surface area contributed by atoms with Gasteiger partial charge in [-0.15, -0.1) is 0 Å². The van der Waals surface area contributed by atoms with Gasteiger partial charge in [0.05, 0.1) is 4.92 Å². The lowest BCUT2D eigenvalue weighted by Crippen LogP contribution is -2.45. The number of hydrogen-bond donors (Lipinski definition) is 1. The molecule has 7 nitrogen and oxygen atoms in total. The number of piperazine rings is 1. The smallest absolute Gasteiger partial charge is 0.324 e. The molecule has 2 N–H and O–H groups in total. The Morgan fingerprint density at radius 2 is 1.88 bits per heavy atom. The van der Waals surface area contributed by atoms with E-state index in [0.29, 0.717) is 5.56 Å². The molecule has 1 aliphatic heterocycles. The number of carbonyl (C=O) groups is 1. The first-order valence-electron chi connectivity index (χ1n) is 7.62. The number of anilines is 1. The van der Waals surface area contributed by atoms with Crippen LogP contribution in [0.5, 0.6) is 0 Å². The molecule has 2 heterocycles. The van der Waals surface area contributed by atoms with Crippen LogP contribution in [0, 0.1) is 10.1 Å². The van der Waals surface area contributed by atoms with Gasteiger partial charge in [0.1, 0.15) is 0 Å². The van der Waals surface area contributed by atoms with Crippen LogP contribution >= 0.6 is 11.3 Å². The van der Waals surface area contributed by atoms with Crippen LogP contribution in [0.15, 0.2) is 35.7 Å². The lowest BCUT2D eigenvalue weighted by Gasteiger charge is -2.36. The zero-order valence-electron chi connectivity index (χ0n) is 13.1. The molecule has 126 valence electrons. The summed E-state index contributed by atoms with van der Waals surface area (Å²) in [6, 6.07) is 8.97. The van der Waals surface area contributed by atoms with Gasteiger partial charge in [-0.05, 0) is 29.8 Å². The molecule has 1 amide bonds. The second-order valence-electron chi connectivity index (χ2n) is 5.72. The van der Waals surface area contributed by atoms with Crippen LogP contribution in [-0.2, 0) is 6.54 Å². The molecular weight excluding hydrogens is 328 g/mol. The molecule has 1 saturated heterocycles. The Balaban J connectivity index is 1.55. The van der Waals surface area contributed by atoms with Crippen molar-refractivity contribution in [2.45, 2.75) is 6.54 Å². The average Bonchev–Trinajstić information content (AvgIpc) is 3.04. The molecule has 2 aromatic rings. The molecule has 0 unspecified atom stereocenters. The molecule has 0 radical (unpaired) electrons. The van der Waals surface area contributed by atoms with Crippen LogP contribution < -0.4 is 10.6 Å². The Hall–Kier alpha value is -2.45. The van der Waals surface area contributed by atoms with Crippen LogP contribution in [0.25, 0.3) is 0 Å². The van der Waals surface area contributed by atoms with Crippen molar-refractivity contribution in [2.75, 3.05) is 31.1 Å². The highest BCUT2D eigenvalue weighted by Gasteiger charge is 2.19. The van der Waals surface area contributed by atoms with E-state index in [1.165, 1.54) is 11.3 Å². The minimum Gasteiger partial charge on any atom is -0.369 e. The minimum absolute atomic E-state index is 0.193. The summed E-state index contributed by atoms with van der Waals surface area (Å²) in [5.74, 6) is -0.420. The van der Waals surface area contributed by atoms with E-state index >= 15 is 0 Å². The number of rotatable bonds is 5. The number of nitrogens with two attached hydrogens (primary N) is 1. The first kappa shape index (κ1) is 16.4. The van der Waals surface area contributed by atoms with Gasteiger partial charge in [-0.1, -0.05) is 11.3 Å². The molecule has 1 fully saturated rings. The summed E-state index contributed by atoms with van der Waals surface area (Å²) in [5, 5.41) is 12.8. The van der Waals surface area contributed by atoms with Gasteiger partial charge in [0.25, 0.3) is 0 Å². The van der Waals surface area contributed by atoms with Crippen LogP contribution in [0.2, 0.25) is 0 Å². The number of hydrogen-bond acceptors (Lipinski definition) is 6. The van der Waals surface area contributed by atoms with E-state index in [1.54, 1.807) is 18.2 Å². The normalized spacial score (nSPS) is 15.4. The molecular formula is C16H18N4O3S. The quantitative estimate of drug-likeness (QED) is 0.661. The monoisotopic (exact) mass is 346 g/mol. The van der Waals surface area contributed by atoms with Crippen molar-refractivity contribution < 1.29 is 9.72 Å². The summed E-state index contributed by atoms with van der Waals surface area (Å²) in [5.41, 5.74) is 7.83. The van der Waals surface area contributed by atoms with E-state index in [9.17, 15) is 14.9 Å². The third-order valence-electron chi connectivity index (χ3n) is 4.12. The van der Waals surface area contributed by atoms with Gasteiger partial charge < -0.3 is 10.6 Å². The number of carbonyl (C=O) groups excluding carboxylic acids is 1. The minimum atomic E-state index is -0.420. The van der Waals surface area contributed by atoms with Crippen molar-refractivity contribution >= 4 is 27.9 Å². The van der Waals surface area contributed by atoms with Gasteiger partial charge in [-0.3, -0.25) is 19.8 Å². The fourth-order valence-electron chi connectivity index (χ4n) is 2.80. The predicted octanol–water partition coefficient (Wildman–Crippen LogP) is 2.08. The Kier molecular flexibility index (Phi) is 4.77. The Bertz CT molecular complexity index is 736. The molecule has 3 rings (SSSR count). The molecule has 1 aliphatic rings. The molecule has 0 aliphatic carbocycles. The first-order chi connectivity index (χ1) is 11.5. The maximum Gasteiger partial charge on any atom is 0.324 e. The third-order valence-corrected chi connectivity index (χ3v) is 5.04. The predicted molar refractivity (Wildman–Crippen MR) is 93.4 cm³/mol. The summed E-state index contributed by atoms with van der Waals surface area (Å²) in [6.07, 6.45) is 0. The molecule has 1 aromatic heterocycles. The van der Waals surface area contributed by atoms with Crippen molar-refractivity contribution in [3.63, 3.8) is 0 Å². The van der Waals surface area contributed by atoms with Gasteiger partial charge in [0.15, 0.2) is 0 Å². The molecule has 1 aromatic carbocycles. The highest BCUT2D eigenvalue weighted by Crippen LogP contribution is 2.24. The molecule has 0 spiro atoms. The van der Waals surface area contributed by atoms with Crippen molar-refractivity contribution in [1.29, 1.82) is 0 Å². The largest absolute Gasteiger partial charge is 0.369 e. The number of amides is 1. The maximum atomic E-state index is 11.1. The summed E-state index contributed by atoms with van der Waals surface area (Å²) in [4.78, 5) is 26.1. The number of primary amides is 1. The van der Waals surface area contributed by atoms with Crippen molar-refractivity contribution in [1.82, 2.24) is 4.90 Å². The van der Waals surface area contributed by atoms with E-state index in [4.69, 9.17) is 5.73 Å². The van der Waals surface area contributed by atoms with Gasteiger partial charge >= 0.3 is 5.00 Å². The van der Waals surface area contributed by atoms with E-state index < -0.39 is 5.91 Å². The van der Waals surface area contributed by atoms with Crippen LogP contribution in [0.3, 0.4) is 0 Å². The Morgan fingerprint density at radius 3 is 2.42 bits per heavy atom. The Labute approximate surface area is 143 Å². The lowest BCUT2D eigenvalue weighted by molar-refractivity contribution is -0.380. The number of nitro groups is 1. The summed E-state index contributed by atoms with van der Waals surface area (Å²) < 4.78 is 0. The lowest BCUT2D eigenvalue weighted by atomic mass is 10.1. The van der Waals surface area contributed by atoms with E-state index in [0.717, 1.165) is 44.0 Å². The number of benzene rings is 1. The van der Waals surface area contributed by atoms with Crippen molar-refractivity contribution in [2.24, 2.45) is 5.73 Å². The topological polar surface area (TPSA) is 92.7 Å². The molecule has 0 atom stereocenters. The Morgan fingerprint density at radius 1 is 1.21 bits per heavy atom. The van der Waals surface area contributed by atoms with Gasteiger partial charge in [-0.25, -0.2) is 0 Å². The number of thiophene rings is 1. The maximum absolute atomic E-state index is 11.1. The van der Waals surface area contributed by atoms with Crippen LogP contribution in [0.4, 0.5) is 10.7 Å². The fourth-order valence-corrected chi connectivity index (χ4v) is 3.52. The highest BCUT2D eigenvalue weighted by atomic mass is 32.1. The first-order valence-corrected chi connectivity index (χ1v) is 8.50. The molecule has 0 saturated carbocycles. The van der Waals surface area contributed by atoms with Gasteiger partial charge in [0.2, 0.25) is 5.91 Å².